The molecule has 0 saturated heterocycles. The molecule has 0 radical (unpaired) electrons. The molecular weight excluding hydrogens is 310 g/mol. The predicted molar refractivity (Wildman–Crippen MR) is 85.6 cm³/mol. The second-order valence-corrected chi connectivity index (χ2v) is 6.69. The van der Waals surface area contributed by atoms with Gasteiger partial charge in [0.15, 0.2) is 0 Å². The van der Waals surface area contributed by atoms with Gasteiger partial charge in [0.25, 0.3) is 0 Å². The van der Waals surface area contributed by atoms with Gasteiger partial charge >= 0.3 is 0 Å². The van der Waals surface area contributed by atoms with Crippen LogP contribution < -0.4 is 15.8 Å². The number of benzene rings is 1. The summed E-state index contributed by atoms with van der Waals surface area (Å²) >= 11 is 4.84. The van der Waals surface area contributed by atoms with Crippen molar-refractivity contribution in [3.8, 4) is 0 Å². The second kappa shape index (κ2) is 7.48. The van der Waals surface area contributed by atoms with Crippen molar-refractivity contribution in [2.45, 2.75) is 25.2 Å². The normalized spacial score (nSPS) is 11.1. The quantitative estimate of drug-likeness (QED) is 0.630. The van der Waals surface area contributed by atoms with E-state index in [2.05, 4.69) is 10.0 Å². The summed E-state index contributed by atoms with van der Waals surface area (Å²) in [6.07, 6.45) is 0.790. The zero-order chi connectivity index (χ0) is 16.0. The number of nitrogens with two attached hydrogens (primary N) is 1. The summed E-state index contributed by atoms with van der Waals surface area (Å²) in [4.78, 5) is 11.7. The largest absolute Gasteiger partial charge is 0.389 e. The number of amides is 1. The van der Waals surface area contributed by atoms with Crippen molar-refractivity contribution in [2.24, 2.45) is 5.73 Å². The maximum Gasteiger partial charge on any atom is 0.241 e. The molecule has 116 valence electrons. The number of sulfonamides is 1. The number of thiocarbonyl (C=S) groups is 1. The van der Waals surface area contributed by atoms with Crippen LogP contribution >= 0.6 is 12.2 Å². The summed E-state index contributed by atoms with van der Waals surface area (Å²) in [5.74, 6) is -0.363. The van der Waals surface area contributed by atoms with Gasteiger partial charge in [-0.15, -0.1) is 0 Å². The summed E-state index contributed by atoms with van der Waals surface area (Å²) in [6.45, 7) is 3.78. The third kappa shape index (κ3) is 5.07. The zero-order valence-electron chi connectivity index (χ0n) is 12.0. The highest BCUT2D eigenvalue weighted by atomic mass is 32.2. The first kappa shape index (κ1) is 17.5. The van der Waals surface area contributed by atoms with Crippen molar-refractivity contribution in [3.63, 3.8) is 0 Å². The fourth-order valence-electron chi connectivity index (χ4n) is 1.67. The van der Waals surface area contributed by atoms with Crippen LogP contribution in [0.3, 0.4) is 0 Å². The van der Waals surface area contributed by atoms with E-state index in [9.17, 15) is 13.2 Å². The summed E-state index contributed by atoms with van der Waals surface area (Å²) in [5.41, 5.74) is 6.61. The van der Waals surface area contributed by atoms with E-state index in [-0.39, 0.29) is 22.3 Å². The molecule has 0 aromatic heterocycles. The van der Waals surface area contributed by atoms with E-state index < -0.39 is 10.0 Å². The van der Waals surface area contributed by atoms with Crippen LogP contribution in [0.5, 0.6) is 0 Å². The number of hydrogen-bond acceptors (Lipinski definition) is 4. The molecule has 8 heteroatoms. The lowest BCUT2D eigenvalue weighted by atomic mass is 10.1. The van der Waals surface area contributed by atoms with Crippen LogP contribution in [0.25, 0.3) is 0 Å². The molecule has 1 aromatic rings. The van der Waals surface area contributed by atoms with Gasteiger partial charge in [-0.3, -0.25) is 4.79 Å². The first-order valence-corrected chi connectivity index (χ1v) is 8.34. The summed E-state index contributed by atoms with van der Waals surface area (Å²) in [5, 5.41) is 2.60. The number of carbonyl (C=O) groups excluding carboxylic acids is 1. The maximum absolute atomic E-state index is 12.2. The molecule has 0 atom stereocenters. The standard InChI is InChI=1S/C13H19N3O3S2/c1-3-6-15-12(17)8-16-21(18,19)11-5-4-10(13(14)20)7-9(11)2/h4-5,7,16H,3,6,8H2,1-2H3,(H2,14,20)(H,15,17). The average Bonchev–Trinajstić information content (AvgIpc) is 2.42. The van der Waals surface area contributed by atoms with Crippen molar-refractivity contribution < 1.29 is 13.2 Å². The van der Waals surface area contributed by atoms with Crippen LogP contribution in [0.2, 0.25) is 0 Å². The molecule has 0 spiro atoms. The van der Waals surface area contributed by atoms with Gasteiger partial charge < -0.3 is 11.1 Å². The van der Waals surface area contributed by atoms with Crippen molar-refractivity contribution in [1.29, 1.82) is 0 Å². The average molecular weight is 329 g/mol. The highest BCUT2D eigenvalue weighted by molar-refractivity contribution is 7.89. The third-order valence-corrected chi connectivity index (χ3v) is 4.54. The lowest BCUT2D eigenvalue weighted by Gasteiger charge is -2.10. The minimum Gasteiger partial charge on any atom is -0.389 e. The molecule has 0 bridgehead atoms. The van der Waals surface area contributed by atoms with Gasteiger partial charge in [-0.05, 0) is 31.0 Å². The Morgan fingerprint density at radius 1 is 1.38 bits per heavy atom. The Balaban J connectivity index is 2.84. The molecule has 21 heavy (non-hydrogen) atoms. The van der Waals surface area contributed by atoms with Crippen LogP contribution in [-0.4, -0.2) is 32.4 Å². The third-order valence-electron chi connectivity index (χ3n) is 2.74. The van der Waals surface area contributed by atoms with Crippen LogP contribution in [0, 0.1) is 6.92 Å². The van der Waals surface area contributed by atoms with Gasteiger partial charge in [0.05, 0.1) is 11.4 Å². The Labute approximate surface area is 130 Å². The maximum atomic E-state index is 12.2. The van der Waals surface area contributed by atoms with Crippen LogP contribution in [-0.2, 0) is 14.8 Å². The molecule has 0 aliphatic rings. The monoisotopic (exact) mass is 329 g/mol. The summed E-state index contributed by atoms with van der Waals surface area (Å²) < 4.78 is 26.6. The van der Waals surface area contributed by atoms with E-state index in [0.717, 1.165) is 6.42 Å². The minimum atomic E-state index is -3.75. The minimum absolute atomic E-state index is 0.103. The van der Waals surface area contributed by atoms with Gasteiger partial charge in [-0.25, -0.2) is 13.1 Å². The number of aryl methyl sites for hydroxylation is 1. The van der Waals surface area contributed by atoms with Gasteiger partial charge in [0.2, 0.25) is 15.9 Å². The van der Waals surface area contributed by atoms with E-state index in [0.29, 0.717) is 17.7 Å². The second-order valence-electron chi connectivity index (χ2n) is 4.52. The zero-order valence-corrected chi connectivity index (χ0v) is 13.6. The predicted octanol–water partition coefficient (Wildman–Crippen LogP) is 0.434. The van der Waals surface area contributed by atoms with Gasteiger partial charge in [-0.1, -0.05) is 25.2 Å². The van der Waals surface area contributed by atoms with Crippen LogP contribution in [0.1, 0.15) is 24.5 Å². The molecule has 0 saturated carbocycles. The summed E-state index contributed by atoms with van der Waals surface area (Å²) in [7, 11) is -3.75. The highest BCUT2D eigenvalue weighted by Crippen LogP contribution is 2.16. The van der Waals surface area contributed by atoms with Crippen molar-refractivity contribution in [3.05, 3.63) is 29.3 Å². The number of hydrogen-bond donors (Lipinski definition) is 3. The van der Waals surface area contributed by atoms with Crippen molar-refractivity contribution in [1.82, 2.24) is 10.0 Å². The first-order chi connectivity index (χ1) is 9.77. The molecular formula is C13H19N3O3S2. The van der Waals surface area contributed by atoms with Gasteiger partial charge in [-0.2, -0.15) is 0 Å². The molecule has 1 rings (SSSR count). The lowest BCUT2D eigenvalue weighted by molar-refractivity contribution is -0.119. The molecule has 1 aromatic carbocycles. The molecule has 4 N–H and O–H groups in total. The number of rotatable bonds is 7. The van der Waals surface area contributed by atoms with E-state index in [1.165, 1.54) is 6.07 Å². The first-order valence-electron chi connectivity index (χ1n) is 6.44. The molecule has 0 aliphatic heterocycles. The lowest BCUT2D eigenvalue weighted by Crippen LogP contribution is -2.37. The van der Waals surface area contributed by atoms with E-state index >= 15 is 0 Å². The Hall–Kier alpha value is -1.51. The highest BCUT2D eigenvalue weighted by Gasteiger charge is 2.18. The SMILES string of the molecule is CCCNC(=O)CNS(=O)(=O)c1ccc(C(N)=S)cc1C. The Morgan fingerprint density at radius 2 is 2.05 bits per heavy atom. The van der Waals surface area contributed by atoms with E-state index in [4.69, 9.17) is 18.0 Å². The molecule has 6 nitrogen and oxygen atoms in total. The number of nitrogens with one attached hydrogen (secondary N) is 2. The van der Waals surface area contributed by atoms with Gasteiger partial charge in [0, 0.05) is 12.1 Å². The van der Waals surface area contributed by atoms with Crippen LogP contribution in [0.15, 0.2) is 23.1 Å². The molecule has 0 aliphatic carbocycles. The Bertz CT molecular complexity index is 642. The molecule has 0 heterocycles. The molecule has 1 amide bonds. The van der Waals surface area contributed by atoms with E-state index in [1.807, 2.05) is 6.92 Å². The number of carbonyl (C=O) groups is 1. The Kier molecular flexibility index (Phi) is 6.25. The smallest absolute Gasteiger partial charge is 0.241 e. The van der Waals surface area contributed by atoms with Crippen LogP contribution in [0.4, 0.5) is 0 Å². The Morgan fingerprint density at radius 3 is 2.57 bits per heavy atom. The topological polar surface area (TPSA) is 101 Å². The fourth-order valence-corrected chi connectivity index (χ4v) is 3.00. The molecule has 0 fully saturated rings. The summed E-state index contributed by atoms with van der Waals surface area (Å²) in [6, 6.07) is 4.57. The van der Waals surface area contributed by atoms with Crippen molar-refractivity contribution >= 4 is 33.1 Å². The fraction of sp³-hybridized carbons (Fsp3) is 0.385. The van der Waals surface area contributed by atoms with E-state index in [1.54, 1.807) is 19.1 Å². The molecule has 0 unspecified atom stereocenters. The van der Waals surface area contributed by atoms with Crippen molar-refractivity contribution in [2.75, 3.05) is 13.1 Å². The van der Waals surface area contributed by atoms with Gasteiger partial charge in [0.1, 0.15) is 4.99 Å².